The van der Waals surface area contributed by atoms with E-state index in [1.165, 1.54) is 21.3 Å². The van der Waals surface area contributed by atoms with E-state index in [4.69, 9.17) is 14.2 Å². The van der Waals surface area contributed by atoms with Crippen molar-refractivity contribution in [1.82, 2.24) is 4.90 Å². The van der Waals surface area contributed by atoms with Crippen LogP contribution in [0.1, 0.15) is 11.1 Å². The minimum atomic E-state index is -0.539. The lowest BCUT2D eigenvalue weighted by atomic mass is 10.1. The standard InChI is InChI=1S/C22H22N2O6S/c1-13-6-5-7-15(8-13)23-19(25)12-24-21(26)18(31-22(24)27)11-14-9-16(28-2)20(30-4)17(10-14)29-3/h5-11H,12H2,1-4H3,(H,23,25)/b18-11+. The molecule has 3 rings (SSSR count). The Morgan fingerprint density at radius 2 is 1.74 bits per heavy atom. The highest BCUT2D eigenvalue weighted by Crippen LogP contribution is 2.40. The molecule has 31 heavy (non-hydrogen) atoms. The molecule has 1 saturated heterocycles. The van der Waals surface area contributed by atoms with E-state index in [0.717, 1.165) is 22.2 Å². The van der Waals surface area contributed by atoms with Crippen molar-refractivity contribution in [1.29, 1.82) is 0 Å². The molecule has 1 heterocycles. The maximum atomic E-state index is 12.7. The van der Waals surface area contributed by atoms with Crippen LogP contribution in [0.15, 0.2) is 41.3 Å². The van der Waals surface area contributed by atoms with Crippen LogP contribution in [0.3, 0.4) is 0 Å². The fraction of sp³-hybridized carbons (Fsp3) is 0.227. The molecule has 0 unspecified atom stereocenters. The predicted octanol–water partition coefficient (Wildman–Crippen LogP) is 3.70. The van der Waals surface area contributed by atoms with Crippen LogP contribution in [0, 0.1) is 6.92 Å². The molecule has 8 nitrogen and oxygen atoms in total. The van der Waals surface area contributed by atoms with Crippen molar-refractivity contribution in [3.63, 3.8) is 0 Å². The highest BCUT2D eigenvalue weighted by molar-refractivity contribution is 8.18. The number of hydrogen-bond acceptors (Lipinski definition) is 7. The van der Waals surface area contributed by atoms with Crippen molar-refractivity contribution in [3.8, 4) is 17.2 Å². The SMILES string of the molecule is COc1cc(/C=C2/SC(=O)N(CC(=O)Nc3cccc(C)c3)C2=O)cc(OC)c1OC. The van der Waals surface area contributed by atoms with Crippen LogP contribution in [0.4, 0.5) is 10.5 Å². The Bertz CT molecular complexity index is 1040. The molecule has 0 saturated carbocycles. The molecule has 162 valence electrons. The summed E-state index contributed by atoms with van der Waals surface area (Å²) in [6.45, 7) is 1.53. The lowest BCUT2D eigenvalue weighted by Gasteiger charge is -2.13. The first-order chi connectivity index (χ1) is 14.9. The molecule has 0 spiro atoms. The Morgan fingerprint density at radius 3 is 2.32 bits per heavy atom. The first-order valence-corrected chi connectivity index (χ1v) is 10.1. The van der Waals surface area contributed by atoms with Gasteiger partial charge in [-0.15, -0.1) is 0 Å². The molecule has 0 aromatic heterocycles. The van der Waals surface area contributed by atoms with Gasteiger partial charge in [0, 0.05) is 5.69 Å². The van der Waals surface area contributed by atoms with Gasteiger partial charge in [-0.1, -0.05) is 12.1 Å². The first-order valence-electron chi connectivity index (χ1n) is 9.28. The summed E-state index contributed by atoms with van der Waals surface area (Å²) in [7, 11) is 4.47. The van der Waals surface area contributed by atoms with Gasteiger partial charge in [0.2, 0.25) is 11.7 Å². The van der Waals surface area contributed by atoms with Crippen LogP contribution < -0.4 is 19.5 Å². The molecule has 0 atom stereocenters. The summed E-state index contributed by atoms with van der Waals surface area (Å²) >= 11 is 0.770. The van der Waals surface area contributed by atoms with Gasteiger partial charge < -0.3 is 19.5 Å². The quantitative estimate of drug-likeness (QED) is 0.654. The highest BCUT2D eigenvalue weighted by atomic mass is 32.2. The number of nitrogens with zero attached hydrogens (tertiary/aromatic N) is 1. The van der Waals surface area contributed by atoms with Crippen molar-refractivity contribution in [2.24, 2.45) is 0 Å². The zero-order valence-corrected chi connectivity index (χ0v) is 18.4. The summed E-state index contributed by atoms with van der Waals surface area (Å²) in [5.41, 5.74) is 2.17. The lowest BCUT2D eigenvalue weighted by molar-refractivity contribution is -0.127. The van der Waals surface area contributed by atoms with Crippen molar-refractivity contribution in [2.45, 2.75) is 6.92 Å². The van der Waals surface area contributed by atoms with Gasteiger partial charge in [-0.3, -0.25) is 19.3 Å². The summed E-state index contributed by atoms with van der Waals surface area (Å²) in [6, 6.07) is 10.6. The third-order valence-electron chi connectivity index (χ3n) is 4.46. The fourth-order valence-electron chi connectivity index (χ4n) is 3.04. The first kappa shape index (κ1) is 22.2. The number of anilines is 1. The second-order valence-corrected chi connectivity index (χ2v) is 7.64. The monoisotopic (exact) mass is 442 g/mol. The number of ether oxygens (including phenoxy) is 3. The average Bonchev–Trinajstić information content (AvgIpc) is 3.00. The second kappa shape index (κ2) is 9.57. The van der Waals surface area contributed by atoms with Gasteiger partial charge >= 0.3 is 0 Å². The number of carbonyl (C=O) groups excluding carboxylic acids is 3. The number of methoxy groups -OCH3 is 3. The maximum absolute atomic E-state index is 12.7. The third kappa shape index (κ3) is 5.00. The Labute approximate surface area is 184 Å². The number of imide groups is 1. The van der Waals surface area contributed by atoms with E-state index in [9.17, 15) is 14.4 Å². The van der Waals surface area contributed by atoms with E-state index >= 15 is 0 Å². The number of carbonyl (C=O) groups is 3. The van der Waals surface area contributed by atoms with Crippen LogP contribution in [0.5, 0.6) is 17.2 Å². The predicted molar refractivity (Wildman–Crippen MR) is 119 cm³/mol. The van der Waals surface area contributed by atoms with Gasteiger partial charge in [-0.05, 0) is 60.2 Å². The van der Waals surface area contributed by atoms with E-state index in [2.05, 4.69) is 5.32 Å². The average molecular weight is 442 g/mol. The number of benzene rings is 2. The molecule has 2 aromatic rings. The molecule has 0 bridgehead atoms. The third-order valence-corrected chi connectivity index (χ3v) is 5.37. The molecule has 1 aliphatic heterocycles. The number of rotatable bonds is 7. The maximum Gasteiger partial charge on any atom is 0.294 e. The topological polar surface area (TPSA) is 94.2 Å². The number of thioether (sulfide) groups is 1. The minimum absolute atomic E-state index is 0.197. The molecule has 1 N–H and O–H groups in total. The van der Waals surface area contributed by atoms with Gasteiger partial charge in [0.15, 0.2) is 11.5 Å². The molecule has 0 radical (unpaired) electrons. The van der Waals surface area contributed by atoms with E-state index in [1.54, 1.807) is 30.3 Å². The summed E-state index contributed by atoms with van der Waals surface area (Å²) in [4.78, 5) is 38.5. The van der Waals surface area contributed by atoms with Gasteiger partial charge in [0.05, 0.1) is 26.2 Å². The van der Waals surface area contributed by atoms with E-state index in [-0.39, 0.29) is 11.4 Å². The molecular weight excluding hydrogens is 420 g/mol. The smallest absolute Gasteiger partial charge is 0.294 e. The van der Waals surface area contributed by atoms with E-state index < -0.39 is 17.1 Å². The Balaban J connectivity index is 1.78. The number of hydrogen-bond donors (Lipinski definition) is 1. The largest absolute Gasteiger partial charge is 0.493 e. The van der Waals surface area contributed by atoms with Gasteiger partial charge in [-0.25, -0.2) is 0 Å². The second-order valence-electron chi connectivity index (χ2n) is 6.64. The van der Waals surface area contributed by atoms with E-state index in [0.29, 0.717) is 28.5 Å². The van der Waals surface area contributed by atoms with Crippen molar-refractivity contribution in [2.75, 3.05) is 33.2 Å². The Kier molecular flexibility index (Phi) is 6.86. The number of aryl methyl sites for hydroxylation is 1. The molecule has 0 aliphatic carbocycles. The highest BCUT2D eigenvalue weighted by Gasteiger charge is 2.36. The van der Waals surface area contributed by atoms with Crippen LogP contribution in [-0.4, -0.2) is 49.8 Å². The summed E-state index contributed by atoms with van der Waals surface area (Å²) < 4.78 is 15.9. The molecule has 2 aromatic carbocycles. The summed E-state index contributed by atoms with van der Waals surface area (Å²) in [6.07, 6.45) is 1.55. The van der Waals surface area contributed by atoms with Gasteiger partial charge in [-0.2, -0.15) is 0 Å². The molecule has 9 heteroatoms. The summed E-state index contributed by atoms with van der Waals surface area (Å²) in [5.74, 6) is 0.267. The molecular formula is C22H22N2O6S. The minimum Gasteiger partial charge on any atom is -0.493 e. The van der Waals surface area contributed by atoms with Crippen LogP contribution in [-0.2, 0) is 9.59 Å². The van der Waals surface area contributed by atoms with Gasteiger partial charge in [0.25, 0.3) is 11.1 Å². The van der Waals surface area contributed by atoms with Crippen LogP contribution in [0.2, 0.25) is 0 Å². The normalized spacial score (nSPS) is 14.7. The Morgan fingerprint density at radius 1 is 1.06 bits per heavy atom. The Hall–Kier alpha value is -3.46. The zero-order chi connectivity index (χ0) is 22.5. The zero-order valence-electron chi connectivity index (χ0n) is 17.6. The number of amides is 3. The lowest BCUT2D eigenvalue weighted by Crippen LogP contribution is -2.36. The van der Waals surface area contributed by atoms with E-state index in [1.807, 2.05) is 19.1 Å². The van der Waals surface area contributed by atoms with Crippen molar-refractivity contribution >= 4 is 40.6 Å². The summed E-state index contributed by atoms with van der Waals surface area (Å²) in [5, 5.41) is 2.19. The molecule has 1 aliphatic rings. The fourth-order valence-corrected chi connectivity index (χ4v) is 3.88. The molecule has 3 amide bonds. The van der Waals surface area contributed by atoms with Crippen LogP contribution in [0.25, 0.3) is 6.08 Å². The van der Waals surface area contributed by atoms with Crippen molar-refractivity contribution < 1.29 is 28.6 Å². The molecule has 1 fully saturated rings. The van der Waals surface area contributed by atoms with Gasteiger partial charge in [0.1, 0.15) is 6.54 Å². The number of nitrogens with one attached hydrogen (secondary N) is 1. The van der Waals surface area contributed by atoms with Crippen LogP contribution >= 0.6 is 11.8 Å². The van der Waals surface area contributed by atoms with Crippen molar-refractivity contribution in [3.05, 3.63) is 52.4 Å².